The second kappa shape index (κ2) is 11.3. The molecule has 1 aliphatic rings. The Morgan fingerprint density at radius 1 is 1.19 bits per heavy atom. The summed E-state index contributed by atoms with van der Waals surface area (Å²) in [7, 11) is 1.55. The molecule has 11 heteroatoms. The molecular weight excluding hydrogens is 486 g/mol. The van der Waals surface area contributed by atoms with Gasteiger partial charge in [-0.2, -0.15) is 0 Å². The van der Waals surface area contributed by atoms with Crippen LogP contribution in [0.15, 0.2) is 53.6 Å². The molecule has 1 amide bonds. The number of hydrogen-bond donors (Lipinski definition) is 1. The molecule has 194 valence electrons. The molecule has 1 aliphatic heterocycles. The van der Waals surface area contributed by atoms with E-state index in [2.05, 4.69) is 4.98 Å². The van der Waals surface area contributed by atoms with E-state index in [1.54, 1.807) is 36.5 Å². The average Bonchev–Trinajstić information content (AvgIpc) is 2.88. The van der Waals surface area contributed by atoms with E-state index >= 15 is 0 Å². The highest BCUT2D eigenvalue weighted by molar-refractivity contribution is 6.00. The largest absolute Gasteiger partial charge is 0.502 e. The highest BCUT2D eigenvalue weighted by Crippen LogP contribution is 2.23. The van der Waals surface area contributed by atoms with Crippen molar-refractivity contribution in [1.82, 2.24) is 14.6 Å². The van der Waals surface area contributed by atoms with Crippen LogP contribution in [-0.4, -0.2) is 58.3 Å². The lowest BCUT2D eigenvalue weighted by atomic mass is 10.0. The van der Waals surface area contributed by atoms with Crippen LogP contribution in [0.3, 0.4) is 0 Å². The van der Waals surface area contributed by atoms with Crippen molar-refractivity contribution in [3.05, 3.63) is 93.2 Å². The van der Waals surface area contributed by atoms with E-state index in [4.69, 9.17) is 4.74 Å². The first-order chi connectivity index (χ1) is 17.8. The predicted octanol–water partition coefficient (Wildman–Crippen LogP) is 2.63. The molecule has 0 radical (unpaired) electrons. The number of ether oxygens (including phenoxy) is 1. The van der Waals surface area contributed by atoms with Crippen LogP contribution < -0.4 is 10.4 Å². The zero-order valence-electron chi connectivity index (χ0n) is 20.2. The number of fused-ring (bicyclic) bond motifs is 1. The standard InChI is InChI=1S/C26H26F2N4O5/c1-37-12-4-11-30-16-31(14-19-5-2-3-10-29-19)32-15-20(24(34)25(35)23(32)26(30)36)22(33)9-7-17-6-8-18(27)13-21(17)28/h2-3,5-6,8,10,13,15,35H,4,7,9,11-12,14,16H2,1H3. The Bertz CT molecular complexity index is 1360. The summed E-state index contributed by atoms with van der Waals surface area (Å²) in [6.45, 7) is 1.08. The Balaban J connectivity index is 1.67. The lowest BCUT2D eigenvalue weighted by Crippen LogP contribution is -2.54. The quantitative estimate of drug-likeness (QED) is 0.329. The molecule has 0 fully saturated rings. The third-order valence-corrected chi connectivity index (χ3v) is 6.08. The molecule has 3 heterocycles. The number of methoxy groups -OCH3 is 1. The molecule has 2 aromatic heterocycles. The van der Waals surface area contributed by atoms with Crippen LogP contribution in [0, 0.1) is 11.6 Å². The SMILES string of the molecule is COCCCN1CN(Cc2ccccn2)n2cc(C(=O)CCc3ccc(F)cc3F)c(=O)c(O)c2C1=O. The predicted molar refractivity (Wildman–Crippen MR) is 130 cm³/mol. The number of benzene rings is 1. The maximum atomic E-state index is 14.0. The average molecular weight is 513 g/mol. The van der Waals surface area contributed by atoms with Gasteiger partial charge in [0.2, 0.25) is 5.43 Å². The number of aromatic hydroxyl groups is 1. The normalized spacial score (nSPS) is 13.1. The fraction of sp³-hybridized carbons (Fsp3) is 0.308. The van der Waals surface area contributed by atoms with Gasteiger partial charge in [-0.3, -0.25) is 29.1 Å². The fourth-order valence-corrected chi connectivity index (χ4v) is 4.17. The number of pyridine rings is 2. The Morgan fingerprint density at radius 2 is 2.00 bits per heavy atom. The minimum Gasteiger partial charge on any atom is -0.502 e. The van der Waals surface area contributed by atoms with Crippen molar-refractivity contribution in [1.29, 1.82) is 0 Å². The van der Waals surface area contributed by atoms with Gasteiger partial charge in [-0.15, -0.1) is 0 Å². The van der Waals surface area contributed by atoms with Crippen LogP contribution in [-0.2, 0) is 17.7 Å². The number of carbonyl (C=O) groups excluding carboxylic acids is 2. The molecule has 0 spiro atoms. The van der Waals surface area contributed by atoms with Gasteiger partial charge in [0.1, 0.15) is 18.3 Å². The Kier molecular flexibility index (Phi) is 7.92. The number of hydrogen-bond acceptors (Lipinski definition) is 7. The molecule has 0 atom stereocenters. The van der Waals surface area contributed by atoms with Crippen molar-refractivity contribution in [2.75, 3.05) is 31.9 Å². The van der Waals surface area contributed by atoms with E-state index in [9.17, 15) is 28.3 Å². The number of carbonyl (C=O) groups is 2. The number of Topliss-reactive ketones (excluding diaryl/α,β-unsaturated/α-hetero) is 1. The number of amides is 1. The van der Waals surface area contributed by atoms with E-state index < -0.39 is 34.5 Å². The van der Waals surface area contributed by atoms with Gasteiger partial charge in [-0.05, 0) is 36.6 Å². The molecule has 0 aliphatic carbocycles. The third-order valence-electron chi connectivity index (χ3n) is 6.08. The summed E-state index contributed by atoms with van der Waals surface area (Å²) < 4.78 is 33.6. The number of aromatic nitrogens is 2. The van der Waals surface area contributed by atoms with E-state index in [1.807, 2.05) is 0 Å². The van der Waals surface area contributed by atoms with E-state index in [1.165, 1.54) is 21.8 Å². The first kappa shape index (κ1) is 26.0. The molecular formula is C26H26F2N4O5. The number of nitrogens with zero attached hydrogens (tertiary/aromatic N) is 4. The van der Waals surface area contributed by atoms with Gasteiger partial charge in [-0.25, -0.2) is 8.78 Å². The van der Waals surface area contributed by atoms with Crippen LogP contribution in [0.4, 0.5) is 8.78 Å². The minimum atomic E-state index is -0.985. The smallest absolute Gasteiger partial charge is 0.277 e. The monoisotopic (exact) mass is 512 g/mol. The number of rotatable bonds is 10. The number of ketones is 1. The maximum absolute atomic E-state index is 14.0. The van der Waals surface area contributed by atoms with Gasteiger partial charge >= 0.3 is 0 Å². The first-order valence-corrected chi connectivity index (χ1v) is 11.7. The highest BCUT2D eigenvalue weighted by atomic mass is 19.1. The van der Waals surface area contributed by atoms with Crippen molar-refractivity contribution in [2.24, 2.45) is 0 Å². The minimum absolute atomic E-state index is 0.0727. The molecule has 0 saturated heterocycles. The van der Waals surface area contributed by atoms with E-state index in [-0.39, 0.29) is 42.9 Å². The van der Waals surface area contributed by atoms with Gasteiger partial charge < -0.3 is 14.7 Å². The number of aryl methyl sites for hydroxylation is 1. The van der Waals surface area contributed by atoms with Gasteiger partial charge in [-0.1, -0.05) is 12.1 Å². The van der Waals surface area contributed by atoms with Crippen LogP contribution in [0.2, 0.25) is 0 Å². The topological polar surface area (TPSA) is 105 Å². The summed E-state index contributed by atoms with van der Waals surface area (Å²) in [5.41, 5.74) is -0.796. The molecule has 1 aromatic carbocycles. The van der Waals surface area contributed by atoms with Crippen LogP contribution >= 0.6 is 0 Å². The molecule has 0 bridgehead atoms. The van der Waals surface area contributed by atoms with E-state index in [0.717, 1.165) is 12.1 Å². The Morgan fingerprint density at radius 3 is 2.70 bits per heavy atom. The second-order valence-electron chi connectivity index (χ2n) is 8.61. The van der Waals surface area contributed by atoms with Crippen LogP contribution in [0.1, 0.15) is 44.9 Å². The van der Waals surface area contributed by atoms with Crippen molar-refractivity contribution >= 4 is 11.7 Å². The van der Waals surface area contributed by atoms with Gasteiger partial charge in [0.25, 0.3) is 5.91 Å². The molecule has 4 rings (SSSR count). The van der Waals surface area contributed by atoms with Crippen LogP contribution in [0.25, 0.3) is 0 Å². The summed E-state index contributed by atoms with van der Waals surface area (Å²) in [4.78, 5) is 44.9. The zero-order valence-corrected chi connectivity index (χ0v) is 20.2. The van der Waals surface area contributed by atoms with Crippen molar-refractivity contribution in [2.45, 2.75) is 25.8 Å². The second-order valence-corrected chi connectivity index (χ2v) is 8.61. The zero-order chi connectivity index (χ0) is 26.5. The molecule has 0 unspecified atom stereocenters. The summed E-state index contributed by atoms with van der Waals surface area (Å²) in [6, 6.07) is 8.40. The lowest BCUT2D eigenvalue weighted by molar-refractivity contribution is 0.0663. The molecule has 0 saturated carbocycles. The van der Waals surface area contributed by atoms with Gasteiger partial charge in [0.15, 0.2) is 17.2 Å². The molecule has 9 nitrogen and oxygen atoms in total. The molecule has 37 heavy (non-hydrogen) atoms. The van der Waals surface area contributed by atoms with Crippen molar-refractivity contribution in [3.63, 3.8) is 0 Å². The Hall–Kier alpha value is -4.12. The number of halogens is 2. The summed E-state index contributed by atoms with van der Waals surface area (Å²) in [5, 5.41) is 12.5. The van der Waals surface area contributed by atoms with Gasteiger partial charge in [0, 0.05) is 45.1 Å². The van der Waals surface area contributed by atoms with Crippen molar-refractivity contribution < 1.29 is 28.2 Å². The Labute approximate surface area is 211 Å². The molecule has 3 aromatic rings. The van der Waals surface area contributed by atoms with Gasteiger partial charge in [0.05, 0.1) is 17.8 Å². The summed E-state index contributed by atoms with van der Waals surface area (Å²) in [6.07, 6.45) is 3.06. The first-order valence-electron chi connectivity index (χ1n) is 11.7. The lowest BCUT2D eigenvalue weighted by Gasteiger charge is -2.39. The molecule has 1 N–H and O–H groups in total. The fourth-order valence-electron chi connectivity index (χ4n) is 4.17. The maximum Gasteiger partial charge on any atom is 0.277 e. The highest BCUT2D eigenvalue weighted by Gasteiger charge is 2.34. The summed E-state index contributed by atoms with van der Waals surface area (Å²) in [5.74, 6) is -3.58. The third kappa shape index (κ3) is 5.67. The van der Waals surface area contributed by atoms with Crippen molar-refractivity contribution in [3.8, 4) is 5.75 Å². The van der Waals surface area contributed by atoms with Crippen LogP contribution in [0.5, 0.6) is 5.75 Å². The van der Waals surface area contributed by atoms with E-state index in [0.29, 0.717) is 25.3 Å². The summed E-state index contributed by atoms with van der Waals surface area (Å²) >= 11 is 0.